The number of nitrogens with one attached hydrogen (secondary N) is 1. The third-order valence-corrected chi connectivity index (χ3v) is 5.28. The maximum Gasteiger partial charge on any atom is 0.329 e. The number of carbonyl (C=O) groups excluding carboxylic acids is 1. The van der Waals surface area contributed by atoms with Crippen molar-refractivity contribution in [2.75, 3.05) is 0 Å². The first-order chi connectivity index (χ1) is 9.50. The molecular formula is C12H9ClN2O3S2. The van der Waals surface area contributed by atoms with Crippen LogP contribution < -0.4 is 5.32 Å². The molecule has 0 radical (unpaired) electrons. The van der Waals surface area contributed by atoms with Crippen molar-refractivity contribution in [3.8, 4) is 9.88 Å². The topological polar surface area (TPSA) is 79.3 Å². The zero-order valence-corrected chi connectivity index (χ0v) is 12.4. The third-order valence-electron chi connectivity index (χ3n) is 3.03. The summed E-state index contributed by atoms with van der Waals surface area (Å²) in [5.41, 5.74) is -0.852. The molecule has 2 aromatic rings. The minimum absolute atomic E-state index is 0.238. The molecule has 20 heavy (non-hydrogen) atoms. The highest BCUT2D eigenvalue weighted by Crippen LogP contribution is 2.36. The van der Waals surface area contributed by atoms with E-state index in [1.54, 1.807) is 11.4 Å². The highest BCUT2D eigenvalue weighted by Gasteiger charge is 2.51. The molecule has 1 aliphatic rings. The number of carbonyl (C=O) groups is 2. The van der Waals surface area contributed by atoms with Gasteiger partial charge in [-0.15, -0.1) is 22.7 Å². The van der Waals surface area contributed by atoms with E-state index < -0.39 is 17.4 Å². The number of halogens is 1. The van der Waals surface area contributed by atoms with Gasteiger partial charge in [0, 0.05) is 5.38 Å². The first-order valence-corrected chi connectivity index (χ1v) is 7.85. The van der Waals surface area contributed by atoms with Crippen LogP contribution >= 0.6 is 34.3 Å². The molecule has 0 spiro atoms. The summed E-state index contributed by atoms with van der Waals surface area (Å²) in [6, 6.07) is 3.61. The molecule has 3 rings (SSSR count). The van der Waals surface area contributed by atoms with Gasteiger partial charge in [0.15, 0.2) is 0 Å². The molecule has 0 saturated heterocycles. The lowest BCUT2D eigenvalue weighted by Crippen LogP contribution is -2.43. The molecule has 0 aromatic carbocycles. The Kier molecular flexibility index (Phi) is 3.27. The summed E-state index contributed by atoms with van der Waals surface area (Å²) >= 11 is 8.58. The maximum atomic E-state index is 12.0. The van der Waals surface area contributed by atoms with Crippen molar-refractivity contribution < 1.29 is 14.7 Å². The van der Waals surface area contributed by atoms with Gasteiger partial charge < -0.3 is 10.4 Å². The van der Waals surface area contributed by atoms with Gasteiger partial charge >= 0.3 is 5.97 Å². The predicted octanol–water partition coefficient (Wildman–Crippen LogP) is 2.87. The van der Waals surface area contributed by atoms with Gasteiger partial charge in [-0.25, -0.2) is 9.78 Å². The molecule has 8 heteroatoms. The van der Waals surface area contributed by atoms with Crippen molar-refractivity contribution in [2.24, 2.45) is 0 Å². The molecule has 2 aromatic heterocycles. The largest absolute Gasteiger partial charge is 0.480 e. The first-order valence-electron chi connectivity index (χ1n) is 5.77. The third kappa shape index (κ3) is 2.44. The minimum Gasteiger partial charge on any atom is -0.480 e. The summed E-state index contributed by atoms with van der Waals surface area (Å²) in [5, 5.41) is 13.9. The monoisotopic (exact) mass is 328 g/mol. The van der Waals surface area contributed by atoms with E-state index in [0.717, 1.165) is 4.88 Å². The Labute approximate surface area is 127 Å². The fraction of sp³-hybridized carbons (Fsp3) is 0.250. The average Bonchev–Trinajstić information content (AvgIpc) is 2.86. The number of aliphatic carboxylic acids is 1. The standard InChI is InChI=1S/C12H9ClN2O3S2/c13-8-2-1-7(20-8)10-14-6(5-19-10)9(16)15-12(3-4-12)11(17)18/h1-2,5H,3-4H2,(H,15,16)(H,17,18). The Balaban J connectivity index is 1.77. The van der Waals surface area contributed by atoms with Gasteiger partial charge in [-0.05, 0) is 25.0 Å². The minimum atomic E-state index is -1.09. The van der Waals surface area contributed by atoms with E-state index in [9.17, 15) is 9.59 Å². The predicted molar refractivity (Wildman–Crippen MR) is 77.5 cm³/mol. The van der Waals surface area contributed by atoms with Gasteiger partial charge in [0.1, 0.15) is 16.2 Å². The maximum absolute atomic E-state index is 12.0. The lowest BCUT2D eigenvalue weighted by atomic mass is 10.2. The second kappa shape index (κ2) is 4.83. The van der Waals surface area contributed by atoms with E-state index in [4.69, 9.17) is 16.7 Å². The van der Waals surface area contributed by atoms with Gasteiger partial charge in [0.2, 0.25) is 0 Å². The number of thiophene rings is 1. The Morgan fingerprint density at radius 3 is 2.70 bits per heavy atom. The number of hydrogen-bond acceptors (Lipinski definition) is 5. The number of amides is 1. The summed E-state index contributed by atoms with van der Waals surface area (Å²) in [7, 11) is 0. The molecule has 1 amide bonds. The fourth-order valence-electron chi connectivity index (χ4n) is 1.72. The lowest BCUT2D eigenvalue weighted by Gasteiger charge is -2.10. The molecule has 0 unspecified atom stereocenters. The first kappa shape index (κ1) is 13.5. The van der Waals surface area contributed by atoms with E-state index in [2.05, 4.69) is 10.3 Å². The van der Waals surface area contributed by atoms with Crippen molar-refractivity contribution >= 4 is 46.2 Å². The van der Waals surface area contributed by atoms with Gasteiger partial charge in [0.25, 0.3) is 5.91 Å². The highest BCUT2D eigenvalue weighted by atomic mass is 35.5. The number of rotatable bonds is 4. The molecular weight excluding hydrogens is 320 g/mol. The van der Waals surface area contributed by atoms with Crippen molar-refractivity contribution in [1.29, 1.82) is 0 Å². The zero-order valence-electron chi connectivity index (χ0n) is 10.1. The smallest absolute Gasteiger partial charge is 0.329 e. The van der Waals surface area contributed by atoms with Crippen molar-refractivity contribution in [2.45, 2.75) is 18.4 Å². The molecule has 2 N–H and O–H groups in total. The molecule has 104 valence electrons. The summed E-state index contributed by atoms with van der Waals surface area (Å²) in [6.45, 7) is 0. The molecule has 0 atom stereocenters. The fourth-order valence-corrected chi connectivity index (χ4v) is 3.63. The number of hydrogen-bond donors (Lipinski definition) is 2. The van der Waals surface area contributed by atoms with Crippen LogP contribution in [0.3, 0.4) is 0 Å². The van der Waals surface area contributed by atoms with E-state index in [0.29, 0.717) is 22.2 Å². The molecule has 1 aliphatic carbocycles. The lowest BCUT2D eigenvalue weighted by molar-refractivity contribution is -0.140. The molecule has 1 saturated carbocycles. The Bertz CT molecular complexity index is 690. The molecule has 1 fully saturated rings. The van der Waals surface area contributed by atoms with Crippen LogP contribution in [-0.2, 0) is 4.79 Å². The van der Waals surface area contributed by atoms with Crippen LogP contribution in [-0.4, -0.2) is 27.5 Å². The average molecular weight is 329 g/mol. The van der Waals surface area contributed by atoms with Crippen LogP contribution in [0.4, 0.5) is 0 Å². The van der Waals surface area contributed by atoms with Crippen LogP contribution in [0.15, 0.2) is 17.5 Å². The number of carboxylic acids is 1. The number of carboxylic acid groups (broad SMARTS) is 1. The quantitative estimate of drug-likeness (QED) is 0.904. The second-order valence-corrected chi connectivity index (χ2v) is 7.06. The second-order valence-electron chi connectivity index (χ2n) is 4.48. The van der Waals surface area contributed by atoms with Crippen LogP contribution in [0.1, 0.15) is 23.3 Å². The van der Waals surface area contributed by atoms with Gasteiger partial charge in [-0.3, -0.25) is 4.79 Å². The zero-order chi connectivity index (χ0) is 14.3. The molecule has 5 nitrogen and oxygen atoms in total. The van der Waals surface area contributed by atoms with Gasteiger partial charge in [-0.1, -0.05) is 11.6 Å². The Morgan fingerprint density at radius 1 is 1.40 bits per heavy atom. The summed E-state index contributed by atoms with van der Waals surface area (Å²) in [5.74, 6) is -1.44. The SMILES string of the molecule is O=C(NC1(C(=O)O)CC1)c1csc(-c2ccc(Cl)s2)n1. The normalized spacial score (nSPS) is 15.8. The number of thiazole rings is 1. The summed E-state index contributed by atoms with van der Waals surface area (Å²) < 4.78 is 0.656. The van der Waals surface area contributed by atoms with Gasteiger partial charge in [-0.2, -0.15) is 0 Å². The van der Waals surface area contributed by atoms with E-state index in [-0.39, 0.29) is 5.69 Å². The molecule has 0 bridgehead atoms. The summed E-state index contributed by atoms with van der Waals surface area (Å²) in [4.78, 5) is 28.2. The van der Waals surface area contributed by atoms with Gasteiger partial charge in [0.05, 0.1) is 9.21 Å². The highest BCUT2D eigenvalue weighted by molar-refractivity contribution is 7.23. The van der Waals surface area contributed by atoms with E-state index in [1.165, 1.54) is 22.7 Å². The molecule has 2 heterocycles. The van der Waals surface area contributed by atoms with Crippen molar-refractivity contribution in [3.63, 3.8) is 0 Å². The van der Waals surface area contributed by atoms with E-state index >= 15 is 0 Å². The van der Waals surface area contributed by atoms with Crippen molar-refractivity contribution in [3.05, 3.63) is 27.5 Å². The van der Waals surface area contributed by atoms with E-state index in [1.807, 2.05) is 6.07 Å². The van der Waals surface area contributed by atoms with Crippen LogP contribution in [0.25, 0.3) is 9.88 Å². The van der Waals surface area contributed by atoms with Crippen LogP contribution in [0.2, 0.25) is 4.34 Å². The van der Waals surface area contributed by atoms with Crippen LogP contribution in [0.5, 0.6) is 0 Å². The van der Waals surface area contributed by atoms with Crippen molar-refractivity contribution in [1.82, 2.24) is 10.3 Å². The Morgan fingerprint density at radius 2 is 2.15 bits per heavy atom. The number of aromatic nitrogens is 1. The molecule has 0 aliphatic heterocycles. The Hall–Kier alpha value is -1.44. The number of nitrogens with zero attached hydrogens (tertiary/aromatic N) is 1. The van der Waals surface area contributed by atoms with Crippen LogP contribution in [0, 0.1) is 0 Å². The summed E-state index contributed by atoms with van der Waals surface area (Å²) in [6.07, 6.45) is 0.928.